The van der Waals surface area contributed by atoms with E-state index in [-0.39, 0.29) is 17.4 Å². The van der Waals surface area contributed by atoms with Gasteiger partial charge in [-0.1, -0.05) is 24.3 Å². The van der Waals surface area contributed by atoms with Crippen molar-refractivity contribution in [2.75, 3.05) is 5.32 Å². The van der Waals surface area contributed by atoms with Gasteiger partial charge in [0.05, 0.1) is 5.69 Å². The number of carbonyl (C=O) groups is 2. The lowest BCUT2D eigenvalue weighted by Gasteiger charge is -2.16. The lowest BCUT2D eigenvalue weighted by Crippen LogP contribution is -2.20. The molecule has 0 fully saturated rings. The fourth-order valence-corrected chi connectivity index (χ4v) is 4.01. The Hall–Kier alpha value is -4.13. The summed E-state index contributed by atoms with van der Waals surface area (Å²) in [6, 6.07) is 16.1. The summed E-state index contributed by atoms with van der Waals surface area (Å²) in [7, 11) is 0. The number of rotatable bonds is 6. The number of anilines is 1. The molecular weight excluding hydrogens is 441 g/mol. The Bertz CT molecular complexity index is 1340. The molecule has 0 aliphatic rings. The zero-order chi connectivity index (χ0) is 24.4. The van der Waals surface area contributed by atoms with Crippen LogP contribution in [0.3, 0.4) is 0 Å². The van der Waals surface area contributed by atoms with E-state index < -0.39 is 23.4 Å². The molecule has 0 atom stereocenters. The van der Waals surface area contributed by atoms with Crippen LogP contribution in [0.5, 0.6) is 0 Å². The predicted molar refractivity (Wildman–Crippen MR) is 125 cm³/mol. The van der Waals surface area contributed by atoms with Crippen LogP contribution in [0.15, 0.2) is 72.8 Å². The van der Waals surface area contributed by atoms with Crippen LogP contribution in [0.4, 0.5) is 18.9 Å². The fraction of sp³-hybridized carbons (Fsp3) is 0.111. The zero-order valence-electron chi connectivity index (χ0n) is 18.5. The van der Waals surface area contributed by atoms with Crippen LogP contribution in [0.2, 0.25) is 0 Å². The molecular formula is C27H21F3N2O2. The first-order valence-electron chi connectivity index (χ1n) is 10.6. The molecule has 34 heavy (non-hydrogen) atoms. The smallest absolute Gasteiger partial charge is 0.272 e. The van der Waals surface area contributed by atoms with Gasteiger partial charge in [0.15, 0.2) is 6.29 Å². The van der Waals surface area contributed by atoms with Crippen LogP contribution in [-0.2, 0) is 0 Å². The molecule has 4 aromatic rings. The number of hydrogen-bond acceptors (Lipinski definition) is 2. The van der Waals surface area contributed by atoms with Crippen LogP contribution in [0.1, 0.15) is 40.9 Å². The van der Waals surface area contributed by atoms with Crippen LogP contribution in [0.25, 0.3) is 22.3 Å². The largest absolute Gasteiger partial charge is 0.331 e. The molecule has 7 heteroatoms. The SMILES string of the molecule is CC(C)n1c(C=O)c(-c2ccc(F)cc2)c(-c2ccc(F)cc2)c1C(=O)Nc1ccc(F)cc1. The van der Waals surface area contributed by atoms with Gasteiger partial charge in [-0.25, -0.2) is 13.2 Å². The molecule has 0 unspecified atom stereocenters. The van der Waals surface area contributed by atoms with Gasteiger partial charge in [0.1, 0.15) is 23.1 Å². The first kappa shape index (κ1) is 23.0. The van der Waals surface area contributed by atoms with E-state index in [0.29, 0.717) is 34.2 Å². The van der Waals surface area contributed by atoms with Gasteiger partial charge in [-0.15, -0.1) is 0 Å². The molecule has 0 saturated heterocycles. The monoisotopic (exact) mass is 462 g/mol. The molecule has 1 amide bonds. The van der Waals surface area contributed by atoms with E-state index in [0.717, 1.165) is 0 Å². The van der Waals surface area contributed by atoms with Crippen LogP contribution in [-0.4, -0.2) is 16.8 Å². The molecule has 4 rings (SSSR count). The van der Waals surface area contributed by atoms with E-state index in [2.05, 4.69) is 5.32 Å². The van der Waals surface area contributed by atoms with E-state index in [4.69, 9.17) is 0 Å². The number of hydrogen-bond donors (Lipinski definition) is 1. The van der Waals surface area contributed by atoms with Crippen molar-refractivity contribution in [2.24, 2.45) is 0 Å². The molecule has 3 aromatic carbocycles. The first-order valence-corrected chi connectivity index (χ1v) is 10.6. The number of aromatic nitrogens is 1. The summed E-state index contributed by atoms with van der Waals surface area (Å²) in [4.78, 5) is 25.9. The molecule has 172 valence electrons. The van der Waals surface area contributed by atoms with Crippen molar-refractivity contribution in [3.05, 3.63) is 102 Å². The minimum atomic E-state index is -0.531. The maximum Gasteiger partial charge on any atom is 0.272 e. The molecule has 0 aliphatic heterocycles. The normalized spacial score (nSPS) is 11.0. The Labute approximate surface area is 194 Å². The van der Waals surface area contributed by atoms with Crippen molar-refractivity contribution < 1.29 is 22.8 Å². The Morgan fingerprint density at radius 1 is 0.765 bits per heavy atom. The molecule has 0 spiro atoms. The predicted octanol–water partition coefficient (Wildman–Crippen LogP) is 6.89. The minimum absolute atomic E-state index is 0.173. The second-order valence-corrected chi connectivity index (χ2v) is 8.04. The molecule has 1 N–H and O–H groups in total. The summed E-state index contributed by atoms with van der Waals surface area (Å²) in [6.45, 7) is 3.65. The molecule has 0 radical (unpaired) electrons. The number of carbonyl (C=O) groups excluding carboxylic acids is 2. The lowest BCUT2D eigenvalue weighted by atomic mass is 9.94. The van der Waals surface area contributed by atoms with Gasteiger partial charge >= 0.3 is 0 Å². The summed E-state index contributed by atoms with van der Waals surface area (Å²) in [5, 5.41) is 2.75. The quantitative estimate of drug-likeness (QED) is 0.318. The average Bonchev–Trinajstić information content (AvgIpc) is 3.17. The third-order valence-electron chi connectivity index (χ3n) is 5.45. The summed E-state index contributed by atoms with van der Waals surface area (Å²) in [5.41, 5.74) is 2.63. The van der Waals surface area contributed by atoms with Crippen molar-refractivity contribution in [2.45, 2.75) is 19.9 Å². The summed E-state index contributed by atoms with van der Waals surface area (Å²) in [6.07, 6.45) is 0.653. The Balaban J connectivity index is 2.02. The number of nitrogens with zero attached hydrogens (tertiary/aromatic N) is 1. The zero-order valence-corrected chi connectivity index (χ0v) is 18.5. The Morgan fingerprint density at radius 2 is 1.21 bits per heavy atom. The van der Waals surface area contributed by atoms with E-state index in [1.165, 1.54) is 72.8 Å². The van der Waals surface area contributed by atoms with Crippen molar-refractivity contribution in [1.29, 1.82) is 0 Å². The Kier molecular flexibility index (Phi) is 6.36. The lowest BCUT2D eigenvalue weighted by molar-refractivity contribution is 0.101. The van der Waals surface area contributed by atoms with Crippen molar-refractivity contribution in [3.8, 4) is 22.3 Å². The van der Waals surface area contributed by atoms with E-state index in [1.54, 1.807) is 4.57 Å². The van der Waals surface area contributed by atoms with Crippen LogP contribution >= 0.6 is 0 Å². The molecule has 0 bridgehead atoms. The summed E-state index contributed by atoms with van der Waals surface area (Å²) >= 11 is 0. The first-order chi connectivity index (χ1) is 16.3. The highest BCUT2D eigenvalue weighted by Crippen LogP contribution is 2.41. The highest BCUT2D eigenvalue weighted by Gasteiger charge is 2.30. The molecule has 1 aromatic heterocycles. The standard InChI is InChI=1S/C27H21F3N2O2/c1-16(2)32-23(15-33)24(17-3-7-19(28)8-4-17)25(18-5-9-20(29)10-6-18)26(32)27(34)31-22-13-11-21(30)12-14-22/h3-16H,1-2H3,(H,31,34). The van der Waals surface area contributed by atoms with Gasteiger partial charge in [-0.05, 0) is 73.5 Å². The van der Waals surface area contributed by atoms with Gasteiger partial charge in [0.2, 0.25) is 0 Å². The second-order valence-electron chi connectivity index (χ2n) is 8.04. The topological polar surface area (TPSA) is 51.1 Å². The van der Waals surface area contributed by atoms with Gasteiger partial charge in [-0.2, -0.15) is 0 Å². The molecule has 0 aliphatic carbocycles. The van der Waals surface area contributed by atoms with Crippen LogP contribution < -0.4 is 5.32 Å². The minimum Gasteiger partial charge on any atom is -0.331 e. The van der Waals surface area contributed by atoms with Crippen molar-refractivity contribution >= 4 is 17.9 Å². The summed E-state index contributed by atoms with van der Waals surface area (Å²) < 4.78 is 42.3. The van der Waals surface area contributed by atoms with Gasteiger partial charge in [0, 0.05) is 22.9 Å². The van der Waals surface area contributed by atoms with Gasteiger partial charge in [0.25, 0.3) is 5.91 Å². The fourth-order valence-electron chi connectivity index (χ4n) is 4.01. The number of amides is 1. The highest BCUT2D eigenvalue weighted by molar-refractivity contribution is 6.13. The maximum atomic E-state index is 13.7. The second kappa shape index (κ2) is 9.39. The van der Waals surface area contributed by atoms with Crippen LogP contribution in [0, 0.1) is 17.5 Å². The number of nitrogens with one attached hydrogen (secondary N) is 1. The third-order valence-corrected chi connectivity index (χ3v) is 5.45. The molecule has 4 nitrogen and oxygen atoms in total. The van der Waals surface area contributed by atoms with E-state index in [9.17, 15) is 22.8 Å². The van der Waals surface area contributed by atoms with E-state index >= 15 is 0 Å². The number of halogens is 3. The van der Waals surface area contributed by atoms with Crippen molar-refractivity contribution in [1.82, 2.24) is 4.57 Å². The molecule has 1 heterocycles. The van der Waals surface area contributed by atoms with Crippen molar-refractivity contribution in [3.63, 3.8) is 0 Å². The average molecular weight is 462 g/mol. The Morgan fingerprint density at radius 3 is 1.65 bits per heavy atom. The number of benzene rings is 3. The van der Waals surface area contributed by atoms with Gasteiger partial charge < -0.3 is 9.88 Å². The summed E-state index contributed by atoms with van der Waals surface area (Å²) in [5.74, 6) is -1.88. The highest BCUT2D eigenvalue weighted by atomic mass is 19.1. The molecule has 0 saturated carbocycles. The number of aldehydes is 1. The third kappa shape index (κ3) is 4.37. The van der Waals surface area contributed by atoms with Gasteiger partial charge in [-0.3, -0.25) is 9.59 Å². The van der Waals surface area contributed by atoms with E-state index in [1.807, 2.05) is 13.8 Å². The maximum absolute atomic E-state index is 13.7.